The zero-order valence-corrected chi connectivity index (χ0v) is 11.3. The molecule has 0 aromatic heterocycles. The van der Waals surface area contributed by atoms with Crippen LogP contribution < -0.4 is 5.32 Å². The molecule has 1 unspecified atom stereocenters. The fourth-order valence-corrected chi connectivity index (χ4v) is 2.42. The van der Waals surface area contributed by atoms with Gasteiger partial charge in [0.15, 0.2) is 0 Å². The van der Waals surface area contributed by atoms with Crippen molar-refractivity contribution in [2.24, 2.45) is 0 Å². The number of amides is 2. The summed E-state index contributed by atoms with van der Waals surface area (Å²) in [5, 5.41) is 2.56. The summed E-state index contributed by atoms with van der Waals surface area (Å²) in [5.41, 5.74) is -0.0696. The minimum atomic E-state index is -0.610. The highest BCUT2D eigenvalue weighted by Gasteiger charge is 2.31. The van der Waals surface area contributed by atoms with E-state index in [9.17, 15) is 14.0 Å². The normalized spacial score (nSPS) is 19.2. The van der Waals surface area contributed by atoms with E-state index < -0.39 is 17.8 Å². The molecule has 0 radical (unpaired) electrons. The first kappa shape index (κ1) is 13.0. The Balaban J connectivity index is 2.16. The third-order valence-electron chi connectivity index (χ3n) is 2.92. The number of carbonyl (C=O) groups is 2. The summed E-state index contributed by atoms with van der Waals surface area (Å²) in [6, 6.07) is 3.74. The van der Waals surface area contributed by atoms with Crippen LogP contribution in [0.1, 0.15) is 16.8 Å². The molecular weight excluding hydrogens is 303 g/mol. The third-order valence-corrected chi connectivity index (χ3v) is 3.58. The minimum absolute atomic E-state index is 0.0696. The van der Waals surface area contributed by atoms with Gasteiger partial charge in [-0.1, -0.05) is 6.07 Å². The lowest BCUT2D eigenvalue weighted by atomic mass is 10.1. The number of hydrogen-bond donors (Lipinski definition) is 1. The van der Waals surface area contributed by atoms with E-state index in [1.165, 1.54) is 12.1 Å². The van der Waals surface area contributed by atoms with Crippen LogP contribution >= 0.6 is 15.9 Å². The monoisotopic (exact) mass is 314 g/mol. The van der Waals surface area contributed by atoms with Crippen molar-refractivity contribution in [2.75, 3.05) is 13.6 Å². The molecule has 1 aliphatic rings. The van der Waals surface area contributed by atoms with E-state index in [-0.39, 0.29) is 11.5 Å². The van der Waals surface area contributed by atoms with Crippen molar-refractivity contribution in [3.05, 3.63) is 34.1 Å². The molecule has 96 valence electrons. The highest BCUT2D eigenvalue weighted by molar-refractivity contribution is 9.10. The SMILES string of the molecule is CN1CCC(NC(=O)c2c(F)cccc2Br)C1=O. The largest absolute Gasteiger partial charge is 0.344 e. The number of hydrogen-bond acceptors (Lipinski definition) is 2. The maximum atomic E-state index is 13.6. The van der Waals surface area contributed by atoms with Crippen LogP contribution in [0.5, 0.6) is 0 Å². The molecule has 6 heteroatoms. The van der Waals surface area contributed by atoms with E-state index >= 15 is 0 Å². The summed E-state index contributed by atoms with van der Waals surface area (Å²) >= 11 is 3.13. The molecule has 1 saturated heterocycles. The quantitative estimate of drug-likeness (QED) is 0.900. The maximum Gasteiger partial charge on any atom is 0.256 e. The van der Waals surface area contributed by atoms with Gasteiger partial charge in [-0.3, -0.25) is 9.59 Å². The second-order valence-corrected chi connectivity index (χ2v) is 5.03. The van der Waals surface area contributed by atoms with Gasteiger partial charge in [0.1, 0.15) is 11.9 Å². The van der Waals surface area contributed by atoms with Crippen molar-refractivity contribution < 1.29 is 14.0 Å². The lowest BCUT2D eigenvalue weighted by Gasteiger charge is -2.13. The zero-order valence-electron chi connectivity index (χ0n) is 9.74. The number of carbonyl (C=O) groups excluding carboxylic acids is 2. The first-order valence-corrected chi connectivity index (χ1v) is 6.30. The van der Waals surface area contributed by atoms with Crippen LogP contribution in [0.4, 0.5) is 4.39 Å². The van der Waals surface area contributed by atoms with Gasteiger partial charge in [0.2, 0.25) is 5.91 Å². The molecule has 0 bridgehead atoms. The van der Waals surface area contributed by atoms with Gasteiger partial charge < -0.3 is 10.2 Å². The molecule has 1 heterocycles. The molecule has 1 aromatic carbocycles. The van der Waals surface area contributed by atoms with Gasteiger partial charge in [-0.15, -0.1) is 0 Å². The average Bonchev–Trinajstić information content (AvgIpc) is 2.61. The number of nitrogens with one attached hydrogen (secondary N) is 1. The van der Waals surface area contributed by atoms with Crippen LogP contribution in [0.2, 0.25) is 0 Å². The van der Waals surface area contributed by atoms with Crippen molar-refractivity contribution in [1.29, 1.82) is 0 Å². The van der Waals surface area contributed by atoms with Crippen molar-refractivity contribution in [1.82, 2.24) is 10.2 Å². The molecule has 2 rings (SSSR count). The van der Waals surface area contributed by atoms with Crippen LogP contribution in [0, 0.1) is 5.82 Å². The topological polar surface area (TPSA) is 49.4 Å². The molecule has 1 fully saturated rings. The fourth-order valence-electron chi connectivity index (χ4n) is 1.90. The van der Waals surface area contributed by atoms with Gasteiger partial charge in [-0.25, -0.2) is 4.39 Å². The Morgan fingerprint density at radius 2 is 2.28 bits per heavy atom. The van der Waals surface area contributed by atoms with Gasteiger partial charge in [0.05, 0.1) is 5.56 Å². The lowest BCUT2D eigenvalue weighted by Crippen LogP contribution is -2.41. The first-order chi connectivity index (χ1) is 8.50. The van der Waals surface area contributed by atoms with Gasteiger partial charge in [-0.2, -0.15) is 0 Å². The van der Waals surface area contributed by atoms with E-state index in [1.54, 1.807) is 18.0 Å². The van der Waals surface area contributed by atoms with E-state index in [0.29, 0.717) is 17.4 Å². The highest BCUT2D eigenvalue weighted by Crippen LogP contribution is 2.20. The van der Waals surface area contributed by atoms with Crippen LogP contribution in [-0.4, -0.2) is 36.3 Å². The van der Waals surface area contributed by atoms with Crippen molar-refractivity contribution in [3.63, 3.8) is 0 Å². The molecule has 1 aliphatic heterocycles. The Hall–Kier alpha value is -1.43. The number of halogens is 2. The predicted octanol–water partition coefficient (Wildman–Crippen LogP) is 1.55. The summed E-state index contributed by atoms with van der Waals surface area (Å²) in [7, 11) is 1.67. The van der Waals surface area contributed by atoms with Gasteiger partial charge in [0, 0.05) is 18.1 Å². The highest BCUT2D eigenvalue weighted by atomic mass is 79.9. The molecule has 1 atom stereocenters. The Labute approximate surface area is 112 Å². The van der Waals surface area contributed by atoms with Crippen LogP contribution in [0.25, 0.3) is 0 Å². The predicted molar refractivity (Wildman–Crippen MR) is 67.6 cm³/mol. The third kappa shape index (κ3) is 2.38. The average molecular weight is 315 g/mol. The standard InChI is InChI=1S/C12H12BrFN2O2/c1-16-6-5-9(12(16)18)15-11(17)10-7(13)3-2-4-8(10)14/h2-4,9H,5-6H2,1H3,(H,15,17). The fraction of sp³-hybridized carbons (Fsp3) is 0.333. The number of benzene rings is 1. The van der Waals surface area contributed by atoms with Gasteiger partial charge >= 0.3 is 0 Å². The second-order valence-electron chi connectivity index (χ2n) is 4.17. The summed E-state index contributed by atoms with van der Waals surface area (Å²) in [5.74, 6) is -1.33. The lowest BCUT2D eigenvalue weighted by molar-refractivity contribution is -0.128. The molecule has 2 amide bonds. The molecule has 0 spiro atoms. The minimum Gasteiger partial charge on any atom is -0.344 e. The molecule has 1 aromatic rings. The Bertz CT molecular complexity index is 487. The summed E-state index contributed by atoms with van der Waals surface area (Å²) in [6.07, 6.45) is 0.549. The molecule has 0 aliphatic carbocycles. The Morgan fingerprint density at radius 1 is 1.56 bits per heavy atom. The van der Waals surface area contributed by atoms with Crippen molar-refractivity contribution in [2.45, 2.75) is 12.5 Å². The summed E-state index contributed by atoms with van der Waals surface area (Å²) in [4.78, 5) is 25.1. The van der Waals surface area contributed by atoms with E-state index in [1.807, 2.05) is 0 Å². The number of likely N-dealkylation sites (tertiary alicyclic amines) is 1. The first-order valence-electron chi connectivity index (χ1n) is 5.50. The summed E-state index contributed by atoms with van der Waals surface area (Å²) < 4.78 is 13.9. The van der Waals surface area contributed by atoms with Crippen molar-refractivity contribution in [3.8, 4) is 0 Å². The zero-order chi connectivity index (χ0) is 13.3. The maximum absolute atomic E-state index is 13.6. The van der Waals surface area contributed by atoms with Gasteiger partial charge in [-0.05, 0) is 34.5 Å². The Morgan fingerprint density at radius 3 is 2.83 bits per heavy atom. The van der Waals surface area contributed by atoms with Crippen molar-refractivity contribution >= 4 is 27.7 Å². The van der Waals surface area contributed by atoms with E-state index in [2.05, 4.69) is 21.2 Å². The number of nitrogens with zero attached hydrogens (tertiary/aromatic N) is 1. The van der Waals surface area contributed by atoms with E-state index in [0.717, 1.165) is 0 Å². The van der Waals surface area contributed by atoms with Gasteiger partial charge in [0.25, 0.3) is 5.91 Å². The molecular formula is C12H12BrFN2O2. The van der Waals surface area contributed by atoms with E-state index in [4.69, 9.17) is 0 Å². The molecule has 1 N–H and O–H groups in total. The second kappa shape index (κ2) is 5.06. The summed E-state index contributed by atoms with van der Waals surface area (Å²) in [6.45, 7) is 0.599. The van der Waals surface area contributed by atoms with Crippen LogP contribution in [0.15, 0.2) is 22.7 Å². The number of likely N-dealkylation sites (N-methyl/N-ethyl adjacent to an activating group) is 1. The molecule has 18 heavy (non-hydrogen) atoms. The van der Waals surface area contributed by atoms with Crippen LogP contribution in [-0.2, 0) is 4.79 Å². The van der Waals surface area contributed by atoms with Crippen LogP contribution in [0.3, 0.4) is 0 Å². The molecule has 4 nitrogen and oxygen atoms in total. The number of rotatable bonds is 2. The smallest absolute Gasteiger partial charge is 0.256 e. The Kier molecular flexibility index (Phi) is 3.65. The molecule has 0 saturated carbocycles.